The third kappa shape index (κ3) is 3.66. The lowest BCUT2D eigenvalue weighted by Gasteiger charge is -2.23. The van der Waals surface area contributed by atoms with Crippen LogP contribution in [0.1, 0.15) is 19.8 Å². The monoisotopic (exact) mass is 260 g/mol. The van der Waals surface area contributed by atoms with E-state index in [1.807, 2.05) is 0 Å². The minimum absolute atomic E-state index is 0.0425. The fourth-order valence-corrected chi connectivity index (χ4v) is 2.08. The number of amides is 1. The summed E-state index contributed by atoms with van der Waals surface area (Å²) in [5.41, 5.74) is 5.47. The number of aliphatic carboxylic acids is 1. The molecule has 4 N–H and O–H groups in total. The van der Waals surface area contributed by atoms with Gasteiger partial charge in [-0.15, -0.1) is 0 Å². The maximum atomic E-state index is 12.0. The van der Waals surface area contributed by atoms with Crippen molar-refractivity contribution in [2.24, 2.45) is 5.73 Å². The van der Waals surface area contributed by atoms with Crippen LogP contribution in [0.3, 0.4) is 0 Å². The van der Waals surface area contributed by atoms with Crippen LogP contribution in [-0.4, -0.2) is 64.9 Å². The second-order valence-corrected chi connectivity index (χ2v) is 4.31. The summed E-state index contributed by atoms with van der Waals surface area (Å²) in [5, 5.41) is 18.4. The van der Waals surface area contributed by atoms with Crippen molar-refractivity contribution in [1.82, 2.24) is 4.90 Å². The molecule has 1 aliphatic heterocycles. The van der Waals surface area contributed by atoms with Gasteiger partial charge in [-0.05, 0) is 6.92 Å². The van der Waals surface area contributed by atoms with Crippen LogP contribution in [0, 0.1) is 0 Å². The van der Waals surface area contributed by atoms with Gasteiger partial charge in [0.1, 0.15) is 6.04 Å². The molecule has 1 fully saturated rings. The van der Waals surface area contributed by atoms with E-state index in [4.69, 9.17) is 15.6 Å². The summed E-state index contributed by atoms with van der Waals surface area (Å²) in [5.74, 6) is -1.44. The van der Waals surface area contributed by atoms with Crippen molar-refractivity contribution in [3.63, 3.8) is 0 Å². The fraction of sp³-hybridized carbons (Fsp3) is 0.818. The van der Waals surface area contributed by atoms with E-state index >= 15 is 0 Å². The largest absolute Gasteiger partial charge is 0.480 e. The molecule has 0 aliphatic carbocycles. The average Bonchev–Trinajstić information content (AvgIpc) is 2.71. The Morgan fingerprint density at radius 1 is 1.56 bits per heavy atom. The number of rotatable bonds is 6. The van der Waals surface area contributed by atoms with Gasteiger partial charge in [0.05, 0.1) is 18.6 Å². The van der Waals surface area contributed by atoms with Crippen LogP contribution in [0.5, 0.6) is 0 Å². The highest BCUT2D eigenvalue weighted by atomic mass is 16.5. The summed E-state index contributed by atoms with van der Waals surface area (Å²) in [7, 11) is 0. The Hall–Kier alpha value is -1.18. The summed E-state index contributed by atoms with van der Waals surface area (Å²) in [6, 6.07) is -0.951. The minimum Gasteiger partial charge on any atom is -0.480 e. The molecule has 2 unspecified atom stereocenters. The number of likely N-dealkylation sites (tertiary alicyclic amines) is 1. The Labute approximate surface area is 106 Å². The van der Waals surface area contributed by atoms with Crippen molar-refractivity contribution in [2.75, 3.05) is 19.7 Å². The standard InChI is InChI=1S/C11H20N2O5/c1-2-18-8(5-12)4-10(15)13-6-7(14)3-9(13)11(16)17/h7-9,14H,2-6,12H2,1H3,(H,16,17)/t7?,8?,9-/m0/s1. The van der Waals surface area contributed by atoms with Crippen molar-refractivity contribution in [3.8, 4) is 0 Å². The Bertz CT molecular complexity index is 310. The molecular weight excluding hydrogens is 240 g/mol. The first kappa shape index (κ1) is 14.9. The van der Waals surface area contributed by atoms with E-state index in [9.17, 15) is 14.7 Å². The summed E-state index contributed by atoms with van der Waals surface area (Å²) >= 11 is 0. The summed E-state index contributed by atoms with van der Waals surface area (Å²) in [6.45, 7) is 2.50. The number of β-amino-alcohol motifs (C(OH)–C–C–N with tert-alkyl or cyclic N) is 1. The third-order valence-corrected chi connectivity index (χ3v) is 2.95. The van der Waals surface area contributed by atoms with Crippen LogP contribution >= 0.6 is 0 Å². The number of ether oxygens (including phenoxy) is 1. The van der Waals surface area contributed by atoms with Crippen molar-refractivity contribution >= 4 is 11.9 Å². The lowest BCUT2D eigenvalue weighted by molar-refractivity contribution is -0.149. The van der Waals surface area contributed by atoms with E-state index < -0.39 is 24.2 Å². The Morgan fingerprint density at radius 3 is 2.72 bits per heavy atom. The molecule has 0 aromatic rings. The maximum Gasteiger partial charge on any atom is 0.326 e. The second kappa shape index (κ2) is 6.67. The van der Waals surface area contributed by atoms with E-state index in [0.29, 0.717) is 6.61 Å². The van der Waals surface area contributed by atoms with Crippen LogP contribution < -0.4 is 5.73 Å². The van der Waals surface area contributed by atoms with Gasteiger partial charge in [-0.2, -0.15) is 0 Å². The molecule has 0 bridgehead atoms. The van der Waals surface area contributed by atoms with Crippen molar-refractivity contribution in [1.29, 1.82) is 0 Å². The molecule has 1 amide bonds. The zero-order valence-electron chi connectivity index (χ0n) is 10.4. The molecule has 7 heteroatoms. The number of carboxylic acids is 1. The molecule has 0 saturated carbocycles. The molecule has 0 aromatic heterocycles. The molecule has 104 valence electrons. The lowest BCUT2D eigenvalue weighted by atomic mass is 10.2. The molecule has 1 rings (SSSR count). The van der Waals surface area contributed by atoms with Gasteiger partial charge in [-0.1, -0.05) is 0 Å². The van der Waals surface area contributed by atoms with Gasteiger partial charge in [0.2, 0.25) is 5.91 Å². The van der Waals surface area contributed by atoms with Gasteiger partial charge in [-0.3, -0.25) is 4.79 Å². The SMILES string of the molecule is CCOC(CN)CC(=O)N1CC(O)C[C@H]1C(=O)O. The first-order valence-corrected chi connectivity index (χ1v) is 6.01. The number of hydrogen-bond acceptors (Lipinski definition) is 5. The molecule has 3 atom stereocenters. The zero-order valence-corrected chi connectivity index (χ0v) is 10.4. The summed E-state index contributed by atoms with van der Waals surface area (Å²) in [4.78, 5) is 24.1. The number of aliphatic hydroxyl groups excluding tert-OH is 1. The van der Waals surface area contributed by atoms with Gasteiger partial charge in [0.25, 0.3) is 0 Å². The van der Waals surface area contributed by atoms with Crippen LogP contribution in [0.15, 0.2) is 0 Å². The molecule has 0 radical (unpaired) electrons. The predicted molar refractivity (Wildman–Crippen MR) is 62.8 cm³/mol. The van der Waals surface area contributed by atoms with Crippen molar-refractivity contribution < 1.29 is 24.5 Å². The molecule has 1 heterocycles. The van der Waals surface area contributed by atoms with E-state index in [1.165, 1.54) is 4.90 Å². The third-order valence-electron chi connectivity index (χ3n) is 2.95. The number of aliphatic hydroxyl groups is 1. The molecular formula is C11H20N2O5. The lowest BCUT2D eigenvalue weighted by Crippen LogP contribution is -2.43. The number of nitrogens with zero attached hydrogens (tertiary/aromatic N) is 1. The summed E-state index contributed by atoms with van der Waals surface area (Å²) < 4.78 is 5.26. The predicted octanol–water partition coefficient (Wildman–Crippen LogP) is -1.21. The number of nitrogens with two attached hydrogens (primary N) is 1. The normalized spacial score (nSPS) is 25.2. The number of carbonyl (C=O) groups excluding carboxylic acids is 1. The molecule has 18 heavy (non-hydrogen) atoms. The van der Waals surface area contributed by atoms with Gasteiger partial charge in [0.15, 0.2) is 0 Å². The van der Waals surface area contributed by atoms with Gasteiger partial charge >= 0.3 is 5.97 Å². The van der Waals surface area contributed by atoms with E-state index in [0.717, 1.165) is 0 Å². The van der Waals surface area contributed by atoms with Crippen molar-refractivity contribution in [3.05, 3.63) is 0 Å². The highest BCUT2D eigenvalue weighted by molar-refractivity contribution is 5.84. The fourth-order valence-electron chi connectivity index (χ4n) is 2.08. The van der Waals surface area contributed by atoms with Gasteiger partial charge in [-0.25, -0.2) is 4.79 Å². The number of carboxylic acid groups (broad SMARTS) is 1. The van der Waals surface area contributed by atoms with Gasteiger partial charge < -0.3 is 25.6 Å². The van der Waals surface area contributed by atoms with Crippen LogP contribution in [-0.2, 0) is 14.3 Å². The van der Waals surface area contributed by atoms with E-state index in [1.54, 1.807) is 6.92 Å². The smallest absolute Gasteiger partial charge is 0.326 e. The van der Waals surface area contributed by atoms with Crippen LogP contribution in [0.25, 0.3) is 0 Å². The van der Waals surface area contributed by atoms with Crippen LogP contribution in [0.2, 0.25) is 0 Å². The van der Waals surface area contributed by atoms with E-state index in [2.05, 4.69) is 0 Å². The first-order valence-electron chi connectivity index (χ1n) is 6.01. The second-order valence-electron chi connectivity index (χ2n) is 4.31. The summed E-state index contributed by atoms with van der Waals surface area (Å²) in [6.07, 6.45) is -1.07. The molecule has 0 spiro atoms. The maximum absolute atomic E-state index is 12.0. The van der Waals surface area contributed by atoms with E-state index in [-0.39, 0.29) is 31.8 Å². The Morgan fingerprint density at radius 2 is 2.22 bits per heavy atom. The molecule has 0 aromatic carbocycles. The number of carbonyl (C=O) groups is 2. The topological polar surface area (TPSA) is 113 Å². The minimum atomic E-state index is -1.10. The quantitative estimate of drug-likeness (QED) is 0.552. The van der Waals surface area contributed by atoms with Crippen LogP contribution in [0.4, 0.5) is 0 Å². The average molecular weight is 260 g/mol. The first-order chi connectivity index (χ1) is 8.49. The molecule has 7 nitrogen and oxygen atoms in total. The van der Waals surface area contributed by atoms with Crippen molar-refractivity contribution in [2.45, 2.75) is 38.0 Å². The Balaban J connectivity index is 2.61. The zero-order chi connectivity index (χ0) is 13.7. The Kier molecular flexibility index (Phi) is 5.52. The highest BCUT2D eigenvalue weighted by Crippen LogP contribution is 2.19. The number of hydrogen-bond donors (Lipinski definition) is 3. The highest BCUT2D eigenvalue weighted by Gasteiger charge is 2.39. The van der Waals surface area contributed by atoms with Gasteiger partial charge in [0, 0.05) is 26.1 Å². The molecule has 1 aliphatic rings. The molecule has 1 saturated heterocycles.